The first-order valence-corrected chi connectivity index (χ1v) is 5.22. The van der Waals surface area contributed by atoms with Crippen molar-refractivity contribution in [3.05, 3.63) is 0 Å². The number of ether oxygens (including phenoxy) is 2. The number of rotatable bonds is 2. The molecule has 5 heteroatoms. The quantitative estimate of drug-likeness (QED) is 0.607. The van der Waals surface area contributed by atoms with Gasteiger partial charge in [-0.3, -0.25) is 0 Å². The fourth-order valence-electron chi connectivity index (χ4n) is 1.16. The van der Waals surface area contributed by atoms with Crippen LogP contribution in [0, 0.1) is 0 Å². The van der Waals surface area contributed by atoms with Crippen molar-refractivity contribution in [2.45, 2.75) is 51.3 Å². The van der Waals surface area contributed by atoms with Crippen molar-refractivity contribution in [2.75, 3.05) is 13.7 Å². The molecule has 1 saturated heterocycles. The van der Waals surface area contributed by atoms with Gasteiger partial charge < -0.3 is 24.8 Å². The van der Waals surface area contributed by atoms with E-state index < -0.39 is 18.5 Å². The van der Waals surface area contributed by atoms with Crippen LogP contribution in [0.3, 0.4) is 0 Å². The summed E-state index contributed by atoms with van der Waals surface area (Å²) in [6.45, 7) is 4.00. The molecule has 5 nitrogen and oxygen atoms in total. The number of aliphatic hydroxyl groups is 3. The molecule has 0 bridgehead atoms. The molecule has 4 atom stereocenters. The second-order valence-electron chi connectivity index (χ2n) is 3.54. The van der Waals surface area contributed by atoms with Crippen LogP contribution >= 0.6 is 0 Å². The molecule has 0 spiro atoms. The van der Waals surface area contributed by atoms with Crippen LogP contribution in [0.5, 0.6) is 0 Å². The number of aliphatic hydroxyl groups excluding tert-OH is 3. The minimum atomic E-state index is -0.716. The van der Waals surface area contributed by atoms with E-state index in [1.165, 1.54) is 7.11 Å². The van der Waals surface area contributed by atoms with E-state index in [9.17, 15) is 10.2 Å². The van der Waals surface area contributed by atoms with Gasteiger partial charge in [0.1, 0.15) is 6.10 Å². The summed E-state index contributed by atoms with van der Waals surface area (Å²) in [4.78, 5) is 0. The summed E-state index contributed by atoms with van der Waals surface area (Å²) in [5, 5.41) is 26.3. The fourth-order valence-corrected chi connectivity index (χ4v) is 1.16. The molecule has 92 valence electrons. The predicted octanol–water partition coefficient (Wildman–Crippen LogP) is -0.122. The highest BCUT2D eigenvalue weighted by atomic mass is 16.7. The first-order valence-electron chi connectivity index (χ1n) is 5.22. The molecule has 0 aromatic heterocycles. The van der Waals surface area contributed by atoms with Crippen LogP contribution in [-0.2, 0) is 9.47 Å². The van der Waals surface area contributed by atoms with Crippen LogP contribution in [0.25, 0.3) is 0 Å². The lowest BCUT2D eigenvalue weighted by Crippen LogP contribution is -2.46. The molecular formula is C10H22O5. The van der Waals surface area contributed by atoms with Crippen molar-refractivity contribution in [1.82, 2.24) is 0 Å². The lowest BCUT2D eigenvalue weighted by atomic mass is 10.0. The molecule has 15 heavy (non-hydrogen) atoms. The second kappa shape index (κ2) is 8.01. The van der Waals surface area contributed by atoms with E-state index in [4.69, 9.17) is 14.6 Å². The number of methoxy groups -OCH3 is 1. The monoisotopic (exact) mass is 222 g/mol. The van der Waals surface area contributed by atoms with E-state index in [1.54, 1.807) is 6.92 Å². The van der Waals surface area contributed by atoms with Gasteiger partial charge in [-0.25, -0.2) is 0 Å². The average Bonchev–Trinajstić information content (AvgIpc) is 2.24. The average molecular weight is 222 g/mol. The molecule has 3 N–H and O–H groups in total. The summed E-state index contributed by atoms with van der Waals surface area (Å²) < 4.78 is 9.98. The van der Waals surface area contributed by atoms with Gasteiger partial charge in [-0.1, -0.05) is 6.92 Å². The van der Waals surface area contributed by atoms with Crippen LogP contribution in [0.2, 0.25) is 0 Å². The number of hydrogen-bond acceptors (Lipinski definition) is 5. The first kappa shape index (κ1) is 14.8. The van der Waals surface area contributed by atoms with Crippen LogP contribution in [-0.4, -0.2) is 53.6 Å². The summed E-state index contributed by atoms with van der Waals surface area (Å²) in [6.07, 6.45) is -0.959. The molecule has 2 unspecified atom stereocenters. The SMILES string of the molecule is CCCO.COC1O[C@@H](C)C(O)C[C@H]1O. The van der Waals surface area contributed by atoms with E-state index in [0.29, 0.717) is 13.0 Å². The Bertz CT molecular complexity index is 151. The molecule has 0 amide bonds. The largest absolute Gasteiger partial charge is 0.396 e. The molecule has 0 aromatic carbocycles. The highest BCUT2D eigenvalue weighted by Crippen LogP contribution is 2.19. The highest BCUT2D eigenvalue weighted by Gasteiger charge is 2.33. The predicted molar refractivity (Wildman–Crippen MR) is 55.4 cm³/mol. The zero-order chi connectivity index (χ0) is 11.8. The third kappa shape index (κ3) is 5.44. The maximum Gasteiger partial charge on any atom is 0.183 e. The van der Waals surface area contributed by atoms with E-state index in [0.717, 1.165) is 6.42 Å². The molecule has 1 aliphatic heterocycles. The lowest BCUT2D eigenvalue weighted by Gasteiger charge is -2.34. The minimum Gasteiger partial charge on any atom is -0.396 e. The van der Waals surface area contributed by atoms with E-state index in [2.05, 4.69) is 0 Å². The zero-order valence-corrected chi connectivity index (χ0v) is 9.59. The van der Waals surface area contributed by atoms with Gasteiger partial charge in [-0.15, -0.1) is 0 Å². The van der Waals surface area contributed by atoms with Crippen LogP contribution in [0.4, 0.5) is 0 Å². The Morgan fingerprint density at radius 1 is 1.33 bits per heavy atom. The van der Waals surface area contributed by atoms with Gasteiger partial charge in [0, 0.05) is 20.1 Å². The smallest absolute Gasteiger partial charge is 0.183 e. The summed E-state index contributed by atoms with van der Waals surface area (Å²) in [6, 6.07) is 0. The van der Waals surface area contributed by atoms with Crippen LogP contribution < -0.4 is 0 Å². The Balaban J connectivity index is 0.000000423. The molecular weight excluding hydrogens is 200 g/mol. The normalized spacial score (nSPS) is 35.6. The molecule has 0 aliphatic carbocycles. The van der Waals surface area contributed by atoms with Crippen molar-refractivity contribution < 1.29 is 24.8 Å². The molecule has 1 heterocycles. The third-order valence-corrected chi connectivity index (χ3v) is 2.14. The van der Waals surface area contributed by atoms with Gasteiger partial charge in [0.25, 0.3) is 0 Å². The number of hydrogen-bond donors (Lipinski definition) is 3. The zero-order valence-electron chi connectivity index (χ0n) is 9.59. The Kier molecular flexibility index (Phi) is 7.90. The van der Waals surface area contributed by atoms with E-state index in [-0.39, 0.29) is 6.10 Å². The van der Waals surface area contributed by atoms with E-state index >= 15 is 0 Å². The summed E-state index contributed by atoms with van der Waals surface area (Å²) in [7, 11) is 1.47. The summed E-state index contributed by atoms with van der Waals surface area (Å²) in [5.41, 5.74) is 0. The Morgan fingerprint density at radius 2 is 1.87 bits per heavy atom. The Labute approximate surface area is 90.6 Å². The van der Waals surface area contributed by atoms with Crippen molar-refractivity contribution >= 4 is 0 Å². The third-order valence-electron chi connectivity index (χ3n) is 2.14. The van der Waals surface area contributed by atoms with E-state index in [1.807, 2.05) is 6.92 Å². The van der Waals surface area contributed by atoms with Gasteiger partial charge in [0.2, 0.25) is 0 Å². The second-order valence-corrected chi connectivity index (χ2v) is 3.54. The van der Waals surface area contributed by atoms with Crippen LogP contribution in [0.1, 0.15) is 26.7 Å². The van der Waals surface area contributed by atoms with Crippen molar-refractivity contribution in [3.8, 4) is 0 Å². The van der Waals surface area contributed by atoms with Crippen molar-refractivity contribution in [3.63, 3.8) is 0 Å². The minimum absolute atomic E-state index is 0.261. The maximum absolute atomic E-state index is 9.25. The summed E-state index contributed by atoms with van der Waals surface area (Å²) >= 11 is 0. The molecule has 1 aliphatic rings. The molecule has 0 saturated carbocycles. The van der Waals surface area contributed by atoms with Crippen molar-refractivity contribution in [2.24, 2.45) is 0 Å². The van der Waals surface area contributed by atoms with Crippen molar-refractivity contribution in [1.29, 1.82) is 0 Å². The highest BCUT2D eigenvalue weighted by molar-refractivity contribution is 4.77. The van der Waals surface area contributed by atoms with Gasteiger partial charge >= 0.3 is 0 Å². The van der Waals surface area contributed by atoms with Gasteiger partial charge in [-0.2, -0.15) is 0 Å². The van der Waals surface area contributed by atoms with Crippen LogP contribution in [0.15, 0.2) is 0 Å². The Morgan fingerprint density at radius 3 is 2.27 bits per heavy atom. The summed E-state index contributed by atoms with van der Waals surface area (Å²) in [5.74, 6) is 0. The van der Waals surface area contributed by atoms with Gasteiger partial charge in [0.05, 0.1) is 12.2 Å². The standard InChI is InChI=1S/C7H14O4.C3H8O/c1-4-5(8)3-6(9)7(10-2)11-4;1-2-3-4/h4-9H,3H2,1-2H3;4H,2-3H2,1H3/t4-,5?,6+,7?;/m0./s1. The Hall–Kier alpha value is -0.200. The lowest BCUT2D eigenvalue weighted by molar-refractivity contribution is -0.251. The van der Waals surface area contributed by atoms with Gasteiger partial charge in [-0.05, 0) is 13.3 Å². The fraction of sp³-hybridized carbons (Fsp3) is 1.00. The molecule has 0 radical (unpaired) electrons. The topological polar surface area (TPSA) is 79.2 Å². The van der Waals surface area contributed by atoms with Gasteiger partial charge in [0.15, 0.2) is 6.29 Å². The molecule has 0 aromatic rings. The molecule has 1 rings (SSSR count). The maximum atomic E-state index is 9.25. The first-order chi connectivity index (χ1) is 7.06. The molecule has 1 fully saturated rings.